The van der Waals surface area contributed by atoms with Gasteiger partial charge in [-0.05, 0) is 42.8 Å². The van der Waals surface area contributed by atoms with Crippen LogP contribution in [0.1, 0.15) is 28.6 Å². The first kappa shape index (κ1) is 15.8. The summed E-state index contributed by atoms with van der Waals surface area (Å²) in [6, 6.07) is 8.85. The summed E-state index contributed by atoms with van der Waals surface area (Å²) in [6.45, 7) is 2.24. The lowest BCUT2D eigenvalue weighted by molar-refractivity contribution is 0.0927. The predicted molar refractivity (Wildman–Crippen MR) is 82.1 cm³/mol. The van der Waals surface area contributed by atoms with Gasteiger partial charge in [0.25, 0.3) is 0 Å². The summed E-state index contributed by atoms with van der Waals surface area (Å²) in [7, 11) is 3.23. The van der Waals surface area contributed by atoms with Crippen molar-refractivity contribution >= 4 is 11.6 Å². The van der Waals surface area contributed by atoms with Crippen molar-refractivity contribution in [3.8, 4) is 5.75 Å². The minimum Gasteiger partial charge on any atom is -0.496 e. The third kappa shape index (κ3) is 3.73. The molecule has 6 heteroatoms. The van der Waals surface area contributed by atoms with Crippen molar-refractivity contribution in [1.82, 2.24) is 5.43 Å². The highest BCUT2D eigenvalue weighted by Crippen LogP contribution is 2.21. The first-order valence-corrected chi connectivity index (χ1v) is 6.70. The fourth-order valence-corrected chi connectivity index (χ4v) is 1.93. The number of nitrogens with one attached hydrogen (secondary N) is 1. The quantitative estimate of drug-likeness (QED) is 0.657. The molecule has 22 heavy (non-hydrogen) atoms. The SMILES string of the molecule is COCc1cc(/C(C)=N\NC(=O)c2ccco2)ccc1OC. The second kappa shape index (κ2) is 7.42. The van der Waals surface area contributed by atoms with Crippen molar-refractivity contribution in [1.29, 1.82) is 0 Å². The summed E-state index contributed by atoms with van der Waals surface area (Å²) in [5.74, 6) is 0.569. The van der Waals surface area contributed by atoms with E-state index in [1.54, 1.807) is 33.3 Å². The Kier molecular flexibility index (Phi) is 5.32. The molecule has 1 aromatic heterocycles. The Morgan fingerprint density at radius 1 is 1.32 bits per heavy atom. The average Bonchev–Trinajstić information content (AvgIpc) is 3.07. The molecule has 2 aromatic rings. The second-order valence-electron chi connectivity index (χ2n) is 4.58. The maximum atomic E-state index is 11.8. The Bertz CT molecular complexity index is 663. The zero-order chi connectivity index (χ0) is 15.9. The molecule has 0 aliphatic heterocycles. The van der Waals surface area contributed by atoms with Crippen LogP contribution in [0, 0.1) is 0 Å². The van der Waals surface area contributed by atoms with E-state index < -0.39 is 5.91 Å². The highest BCUT2D eigenvalue weighted by molar-refractivity contribution is 6.00. The fraction of sp³-hybridized carbons (Fsp3) is 0.250. The van der Waals surface area contributed by atoms with E-state index in [0.29, 0.717) is 12.3 Å². The molecule has 0 spiro atoms. The zero-order valence-electron chi connectivity index (χ0n) is 12.8. The highest BCUT2D eigenvalue weighted by Gasteiger charge is 2.09. The van der Waals surface area contributed by atoms with Crippen LogP contribution in [0.25, 0.3) is 0 Å². The Balaban J connectivity index is 2.14. The Morgan fingerprint density at radius 3 is 2.77 bits per heavy atom. The van der Waals surface area contributed by atoms with Gasteiger partial charge in [0, 0.05) is 12.7 Å². The van der Waals surface area contributed by atoms with Crippen LogP contribution in [0.2, 0.25) is 0 Å². The smallest absolute Gasteiger partial charge is 0.307 e. The number of hydrazone groups is 1. The van der Waals surface area contributed by atoms with Crippen LogP contribution in [-0.2, 0) is 11.3 Å². The van der Waals surface area contributed by atoms with E-state index in [1.165, 1.54) is 6.26 Å². The minimum absolute atomic E-state index is 0.214. The lowest BCUT2D eigenvalue weighted by atomic mass is 10.1. The molecule has 1 amide bonds. The van der Waals surface area contributed by atoms with Crippen LogP contribution >= 0.6 is 0 Å². The Morgan fingerprint density at radius 2 is 2.14 bits per heavy atom. The van der Waals surface area contributed by atoms with Gasteiger partial charge in [0.05, 0.1) is 25.7 Å². The van der Waals surface area contributed by atoms with E-state index in [4.69, 9.17) is 13.9 Å². The molecule has 0 saturated heterocycles. The largest absolute Gasteiger partial charge is 0.496 e. The number of benzene rings is 1. The average molecular weight is 302 g/mol. The number of nitrogens with zero attached hydrogens (tertiary/aromatic N) is 1. The van der Waals surface area contributed by atoms with Gasteiger partial charge in [-0.3, -0.25) is 4.79 Å². The number of hydrogen-bond acceptors (Lipinski definition) is 5. The minimum atomic E-state index is -0.394. The summed E-state index contributed by atoms with van der Waals surface area (Å²) in [6.07, 6.45) is 1.44. The van der Waals surface area contributed by atoms with Crippen LogP contribution in [0.4, 0.5) is 0 Å². The van der Waals surface area contributed by atoms with Gasteiger partial charge in [-0.2, -0.15) is 5.10 Å². The standard InChI is InChI=1S/C16H18N2O4/c1-11(17-18-16(19)15-5-4-8-22-15)12-6-7-14(21-3)13(9-12)10-20-2/h4-9H,10H2,1-3H3,(H,18,19)/b17-11-. The number of amides is 1. The topological polar surface area (TPSA) is 73.1 Å². The lowest BCUT2D eigenvalue weighted by Crippen LogP contribution is -2.18. The van der Waals surface area contributed by atoms with Crippen LogP contribution in [0.15, 0.2) is 46.1 Å². The summed E-state index contributed by atoms with van der Waals surface area (Å²) < 4.78 is 15.4. The molecule has 0 saturated carbocycles. The molecule has 1 heterocycles. The number of ether oxygens (including phenoxy) is 2. The van der Waals surface area contributed by atoms with Gasteiger partial charge >= 0.3 is 5.91 Å². The van der Waals surface area contributed by atoms with E-state index >= 15 is 0 Å². The van der Waals surface area contributed by atoms with Crippen molar-refractivity contribution in [2.24, 2.45) is 5.10 Å². The number of carbonyl (C=O) groups excluding carboxylic acids is 1. The molecule has 0 radical (unpaired) electrons. The van der Waals surface area contributed by atoms with E-state index in [-0.39, 0.29) is 5.76 Å². The van der Waals surface area contributed by atoms with E-state index in [0.717, 1.165) is 16.9 Å². The molecule has 2 rings (SSSR count). The van der Waals surface area contributed by atoms with Crippen molar-refractivity contribution in [3.05, 3.63) is 53.5 Å². The molecule has 1 N–H and O–H groups in total. The normalized spacial score (nSPS) is 11.3. The van der Waals surface area contributed by atoms with Crippen LogP contribution in [0.3, 0.4) is 0 Å². The van der Waals surface area contributed by atoms with Crippen LogP contribution < -0.4 is 10.2 Å². The fourth-order valence-electron chi connectivity index (χ4n) is 1.93. The molecule has 0 bridgehead atoms. The monoisotopic (exact) mass is 302 g/mol. The first-order valence-electron chi connectivity index (χ1n) is 6.70. The highest BCUT2D eigenvalue weighted by atomic mass is 16.5. The predicted octanol–water partition coefficient (Wildman–Crippen LogP) is 2.59. The molecular weight excluding hydrogens is 284 g/mol. The Hall–Kier alpha value is -2.60. The van der Waals surface area contributed by atoms with Gasteiger partial charge < -0.3 is 13.9 Å². The van der Waals surface area contributed by atoms with Crippen molar-refractivity contribution in [2.45, 2.75) is 13.5 Å². The van der Waals surface area contributed by atoms with E-state index in [2.05, 4.69) is 10.5 Å². The number of furan rings is 1. The second-order valence-corrected chi connectivity index (χ2v) is 4.58. The summed E-state index contributed by atoms with van der Waals surface area (Å²) in [5, 5.41) is 4.08. The number of carbonyl (C=O) groups is 1. The van der Waals surface area contributed by atoms with Crippen molar-refractivity contribution in [3.63, 3.8) is 0 Å². The maximum absolute atomic E-state index is 11.8. The molecule has 1 aromatic carbocycles. The number of rotatable bonds is 6. The van der Waals surface area contributed by atoms with Gasteiger partial charge in [0.1, 0.15) is 5.75 Å². The van der Waals surface area contributed by atoms with E-state index in [9.17, 15) is 4.79 Å². The van der Waals surface area contributed by atoms with Gasteiger partial charge in [-0.15, -0.1) is 0 Å². The molecule has 116 valence electrons. The Labute approximate surface area is 128 Å². The zero-order valence-corrected chi connectivity index (χ0v) is 12.8. The molecule has 6 nitrogen and oxygen atoms in total. The van der Waals surface area contributed by atoms with E-state index in [1.807, 2.05) is 18.2 Å². The lowest BCUT2D eigenvalue weighted by Gasteiger charge is -2.10. The van der Waals surface area contributed by atoms with Crippen LogP contribution in [0.5, 0.6) is 5.75 Å². The van der Waals surface area contributed by atoms with Crippen molar-refractivity contribution in [2.75, 3.05) is 14.2 Å². The molecule has 0 fully saturated rings. The van der Waals surface area contributed by atoms with Gasteiger partial charge in [0.15, 0.2) is 5.76 Å². The molecule has 0 unspecified atom stereocenters. The van der Waals surface area contributed by atoms with Gasteiger partial charge in [-0.25, -0.2) is 5.43 Å². The van der Waals surface area contributed by atoms with Gasteiger partial charge in [0.2, 0.25) is 0 Å². The van der Waals surface area contributed by atoms with Gasteiger partial charge in [-0.1, -0.05) is 0 Å². The maximum Gasteiger partial charge on any atom is 0.307 e. The first-order chi connectivity index (χ1) is 10.7. The molecule has 0 atom stereocenters. The molecule has 0 aliphatic rings. The summed E-state index contributed by atoms with van der Waals surface area (Å²) in [5.41, 5.74) is 4.90. The molecular formula is C16H18N2O4. The number of methoxy groups -OCH3 is 2. The third-order valence-corrected chi connectivity index (χ3v) is 3.07. The third-order valence-electron chi connectivity index (χ3n) is 3.07. The van der Waals surface area contributed by atoms with Crippen molar-refractivity contribution < 1.29 is 18.7 Å². The van der Waals surface area contributed by atoms with Crippen LogP contribution in [-0.4, -0.2) is 25.8 Å². The summed E-state index contributed by atoms with van der Waals surface area (Å²) in [4.78, 5) is 11.8. The molecule has 0 aliphatic carbocycles. The number of hydrogen-bond donors (Lipinski definition) is 1. The summed E-state index contributed by atoms with van der Waals surface area (Å²) >= 11 is 0.